The maximum atomic E-state index is 12.7. The molecule has 180 valence electrons. The maximum absolute atomic E-state index is 12.7. The third-order valence-electron chi connectivity index (χ3n) is 5.89. The number of nitrogens with zero attached hydrogens (tertiary/aromatic N) is 1. The average Bonchev–Trinajstić information content (AvgIpc) is 3.31. The molecule has 4 rings (SSSR count). The van der Waals surface area contributed by atoms with Crippen molar-refractivity contribution >= 4 is 41.0 Å². The number of hydrogen-bond acceptors (Lipinski definition) is 6. The van der Waals surface area contributed by atoms with E-state index in [1.165, 1.54) is 23.0 Å². The number of hydrogen-bond donors (Lipinski definition) is 4. The van der Waals surface area contributed by atoms with Crippen LogP contribution >= 0.6 is 11.3 Å². The first-order valence-corrected chi connectivity index (χ1v) is 12.2. The summed E-state index contributed by atoms with van der Waals surface area (Å²) in [6.07, 6.45) is 2.53. The third-order valence-corrected chi connectivity index (χ3v) is 7.13. The molecule has 5 N–H and O–H groups in total. The van der Waals surface area contributed by atoms with Crippen LogP contribution in [0.2, 0.25) is 0 Å². The zero-order valence-corrected chi connectivity index (χ0v) is 20.0. The number of carbonyl (C=O) groups is 3. The molecule has 0 atom stereocenters. The number of nitrogen functional groups attached to an aromatic ring is 1. The summed E-state index contributed by atoms with van der Waals surface area (Å²) in [4.78, 5) is 41.2. The number of anilines is 1. The highest BCUT2D eigenvalue weighted by Crippen LogP contribution is 2.28. The van der Waals surface area contributed by atoms with E-state index in [9.17, 15) is 14.4 Å². The zero-order valence-electron chi connectivity index (χ0n) is 19.2. The van der Waals surface area contributed by atoms with Crippen molar-refractivity contribution in [3.8, 4) is 0 Å². The van der Waals surface area contributed by atoms with Crippen LogP contribution in [0.15, 0.2) is 54.6 Å². The Labute approximate surface area is 207 Å². The number of carbonyl (C=O) groups excluding carboxylic acids is 3. The summed E-state index contributed by atoms with van der Waals surface area (Å²) in [5.74, 6) is -0.686. The molecule has 8 nitrogen and oxygen atoms in total. The van der Waals surface area contributed by atoms with Gasteiger partial charge in [-0.05, 0) is 48.2 Å². The molecule has 35 heavy (non-hydrogen) atoms. The molecule has 0 spiro atoms. The molecular formula is C26H27N5O3S. The summed E-state index contributed by atoms with van der Waals surface area (Å²) in [5.41, 5.74) is 9.11. The Balaban J connectivity index is 1.28. The topological polar surface area (TPSA) is 128 Å². The predicted molar refractivity (Wildman–Crippen MR) is 137 cm³/mol. The minimum atomic E-state index is -0.399. The van der Waals surface area contributed by atoms with Gasteiger partial charge in [0.15, 0.2) is 0 Å². The highest BCUT2D eigenvalue weighted by Gasteiger charge is 2.24. The molecule has 0 saturated heterocycles. The van der Waals surface area contributed by atoms with Gasteiger partial charge in [0.25, 0.3) is 11.8 Å². The number of benzene rings is 2. The summed E-state index contributed by atoms with van der Waals surface area (Å²) < 4.78 is 0. The Hall–Kier alpha value is -3.98. The predicted octanol–water partition coefficient (Wildman–Crippen LogP) is 2.62. The summed E-state index contributed by atoms with van der Waals surface area (Å²) in [6.45, 7) is 1.38. The number of rotatable bonds is 8. The molecule has 1 aliphatic rings. The lowest BCUT2D eigenvalue weighted by molar-refractivity contribution is -0.131. The van der Waals surface area contributed by atoms with Crippen LogP contribution in [0.1, 0.15) is 41.6 Å². The molecule has 2 heterocycles. The standard InChI is InChI=1S/C26H27N5O3S/c27-14-19-12-18(6-7-21(19)28)25(33)30-15-24(32)31-11-9-22-20(16-31)13-23(35-22)26(34)29-10-8-17-4-2-1-3-5-17/h1-7,12-14,27H,8-11,15-16,28H2,(H,29,34)(H,30,33). The van der Waals surface area contributed by atoms with Gasteiger partial charge < -0.3 is 26.7 Å². The minimum Gasteiger partial charge on any atom is -0.398 e. The van der Waals surface area contributed by atoms with E-state index in [0.717, 1.165) is 23.1 Å². The van der Waals surface area contributed by atoms with Gasteiger partial charge in [-0.2, -0.15) is 0 Å². The van der Waals surface area contributed by atoms with Gasteiger partial charge in [-0.15, -0.1) is 11.3 Å². The van der Waals surface area contributed by atoms with E-state index in [0.29, 0.717) is 47.7 Å². The molecule has 0 aliphatic carbocycles. The Kier molecular flexibility index (Phi) is 7.57. The van der Waals surface area contributed by atoms with Gasteiger partial charge >= 0.3 is 0 Å². The Bertz CT molecular complexity index is 1260. The van der Waals surface area contributed by atoms with E-state index in [-0.39, 0.29) is 18.4 Å². The first-order chi connectivity index (χ1) is 16.9. The van der Waals surface area contributed by atoms with Crippen LogP contribution in [0.25, 0.3) is 0 Å². The molecule has 2 aromatic carbocycles. The molecular weight excluding hydrogens is 462 g/mol. The molecule has 0 saturated carbocycles. The summed E-state index contributed by atoms with van der Waals surface area (Å²) in [5, 5.41) is 13.0. The summed E-state index contributed by atoms with van der Waals surface area (Å²) in [7, 11) is 0. The molecule has 0 radical (unpaired) electrons. The molecule has 3 aromatic rings. The zero-order chi connectivity index (χ0) is 24.8. The van der Waals surface area contributed by atoms with Crippen molar-refractivity contribution in [1.82, 2.24) is 15.5 Å². The van der Waals surface area contributed by atoms with Crippen LogP contribution in [0.4, 0.5) is 5.69 Å². The average molecular weight is 490 g/mol. The highest BCUT2D eigenvalue weighted by molar-refractivity contribution is 7.14. The lowest BCUT2D eigenvalue weighted by atomic mass is 10.1. The lowest BCUT2D eigenvalue weighted by Crippen LogP contribution is -2.42. The van der Waals surface area contributed by atoms with Gasteiger partial charge in [0.2, 0.25) is 5.91 Å². The van der Waals surface area contributed by atoms with Crippen molar-refractivity contribution in [3.05, 3.63) is 86.6 Å². The van der Waals surface area contributed by atoms with Crippen molar-refractivity contribution in [2.75, 3.05) is 25.4 Å². The fraction of sp³-hybridized carbons (Fsp3) is 0.231. The largest absolute Gasteiger partial charge is 0.398 e. The van der Waals surface area contributed by atoms with Crippen LogP contribution < -0.4 is 16.4 Å². The fourth-order valence-electron chi connectivity index (χ4n) is 3.92. The van der Waals surface area contributed by atoms with Gasteiger partial charge in [0.05, 0.1) is 11.4 Å². The van der Waals surface area contributed by atoms with Crippen LogP contribution in [0.5, 0.6) is 0 Å². The molecule has 0 bridgehead atoms. The second kappa shape index (κ2) is 11.0. The van der Waals surface area contributed by atoms with Crippen molar-refractivity contribution in [2.45, 2.75) is 19.4 Å². The quantitative estimate of drug-likeness (QED) is 0.286. The molecule has 1 aromatic heterocycles. The Morgan fingerprint density at radius 3 is 2.63 bits per heavy atom. The van der Waals surface area contributed by atoms with E-state index in [4.69, 9.17) is 11.1 Å². The van der Waals surface area contributed by atoms with Crippen molar-refractivity contribution in [2.24, 2.45) is 0 Å². The number of fused-ring (bicyclic) bond motifs is 1. The Morgan fingerprint density at radius 1 is 1.06 bits per heavy atom. The van der Waals surface area contributed by atoms with E-state index < -0.39 is 5.91 Å². The van der Waals surface area contributed by atoms with Gasteiger partial charge in [-0.3, -0.25) is 14.4 Å². The van der Waals surface area contributed by atoms with Gasteiger partial charge in [-0.1, -0.05) is 30.3 Å². The molecule has 1 aliphatic heterocycles. The second-order valence-electron chi connectivity index (χ2n) is 8.29. The molecule has 0 fully saturated rings. The number of amides is 3. The number of nitrogens with two attached hydrogens (primary N) is 1. The third kappa shape index (κ3) is 5.93. The van der Waals surface area contributed by atoms with E-state index in [2.05, 4.69) is 10.6 Å². The normalized spacial score (nSPS) is 12.5. The first kappa shape index (κ1) is 24.2. The van der Waals surface area contributed by atoms with E-state index >= 15 is 0 Å². The van der Waals surface area contributed by atoms with Gasteiger partial charge in [0.1, 0.15) is 0 Å². The number of nitrogens with one attached hydrogen (secondary N) is 3. The summed E-state index contributed by atoms with van der Waals surface area (Å²) >= 11 is 1.48. The minimum absolute atomic E-state index is 0.0988. The van der Waals surface area contributed by atoms with Crippen molar-refractivity contribution < 1.29 is 14.4 Å². The SMILES string of the molecule is N=Cc1cc(C(=O)NCC(=O)N2CCc3sc(C(=O)NCCc4ccccc4)cc3C2)ccc1N. The first-order valence-electron chi connectivity index (χ1n) is 11.3. The van der Waals surface area contributed by atoms with E-state index in [1.54, 1.807) is 17.0 Å². The van der Waals surface area contributed by atoms with Gasteiger partial charge in [0, 0.05) is 47.5 Å². The van der Waals surface area contributed by atoms with Crippen LogP contribution in [-0.4, -0.2) is 48.5 Å². The molecule has 0 unspecified atom stereocenters. The smallest absolute Gasteiger partial charge is 0.261 e. The van der Waals surface area contributed by atoms with Crippen molar-refractivity contribution in [1.29, 1.82) is 5.41 Å². The monoisotopic (exact) mass is 489 g/mol. The fourth-order valence-corrected chi connectivity index (χ4v) is 5.00. The van der Waals surface area contributed by atoms with Crippen LogP contribution in [0, 0.1) is 5.41 Å². The maximum Gasteiger partial charge on any atom is 0.261 e. The van der Waals surface area contributed by atoms with Gasteiger partial charge in [-0.25, -0.2) is 0 Å². The van der Waals surface area contributed by atoms with Crippen LogP contribution in [0.3, 0.4) is 0 Å². The molecule has 9 heteroatoms. The van der Waals surface area contributed by atoms with Crippen LogP contribution in [-0.2, 0) is 24.2 Å². The Morgan fingerprint density at radius 2 is 1.86 bits per heavy atom. The highest BCUT2D eigenvalue weighted by atomic mass is 32.1. The second-order valence-corrected chi connectivity index (χ2v) is 9.42. The van der Waals surface area contributed by atoms with E-state index in [1.807, 2.05) is 36.4 Å². The lowest BCUT2D eigenvalue weighted by Gasteiger charge is -2.27. The summed E-state index contributed by atoms with van der Waals surface area (Å²) in [6, 6.07) is 16.5. The number of thiophene rings is 1. The molecule has 3 amide bonds. The van der Waals surface area contributed by atoms with Crippen molar-refractivity contribution in [3.63, 3.8) is 0 Å².